The number of carbonyl (C=O) groups is 2. The van der Waals surface area contributed by atoms with E-state index in [1.807, 2.05) is 0 Å². The van der Waals surface area contributed by atoms with Gasteiger partial charge in [0.05, 0.1) is 14.2 Å². The molecule has 0 aliphatic carbocycles. The van der Waals surface area contributed by atoms with Crippen molar-refractivity contribution in [1.29, 1.82) is 0 Å². The number of carboxylic acid groups (broad SMARTS) is 2. The van der Waals surface area contributed by atoms with E-state index in [0.29, 0.717) is 0 Å². The summed E-state index contributed by atoms with van der Waals surface area (Å²) in [4.78, 5) is 43.7. The predicted octanol–water partition coefficient (Wildman–Crippen LogP) is -9.28. The van der Waals surface area contributed by atoms with Gasteiger partial charge < -0.3 is 34.6 Å². The van der Waals surface area contributed by atoms with E-state index in [1.165, 1.54) is 0 Å². The Morgan fingerprint density at radius 2 is 1.44 bits per heavy atom. The van der Waals surface area contributed by atoms with Crippen molar-refractivity contribution in [2.24, 2.45) is 0 Å². The molecule has 0 aromatic carbocycles. The molecule has 16 heavy (non-hydrogen) atoms. The van der Waals surface area contributed by atoms with Crippen LogP contribution in [0, 0.1) is 0 Å². The van der Waals surface area contributed by atoms with Crippen molar-refractivity contribution in [1.82, 2.24) is 0 Å². The summed E-state index contributed by atoms with van der Waals surface area (Å²) < 4.78 is 8.66. The van der Waals surface area contributed by atoms with Gasteiger partial charge >= 0.3 is 71.1 Å². The van der Waals surface area contributed by atoms with Crippen LogP contribution >= 0.6 is 7.82 Å². The number of aliphatic hydroxyl groups excluding tert-OH is 1. The van der Waals surface area contributed by atoms with Crippen molar-refractivity contribution < 1.29 is 103 Å². The van der Waals surface area contributed by atoms with Crippen LogP contribution in [0.3, 0.4) is 0 Å². The Balaban J connectivity index is -0.0000000904. The van der Waals surface area contributed by atoms with Crippen molar-refractivity contribution in [2.45, 2.75) is 12.5 Å². The van der Waals surface area contributed by atoms with Crippen molar-refractivity contribution in [3.05, 3.63) is 0 Å². The molecule has 0 rings (SSSR count). The minimum absolute atomic E-state index is 0. The molecule has 1 unspecified atom stereocenters. The fraction of sp³-hybridized carbons (Fsp3) is 0.500. The topological polar surface area (TPSA) is 178 Å². The Kier molecular flexibility index (Phi) is 20.1. The second-order valence-electron chi connectivity index (χ2n) is 1.92. The van der Waals surface area contributed by atoms with Crippen LogP contribution in [0.1, 0.15) is 6.42 Å². The molecule has 0 saturated heterocycles. The largest absolute Gasteiger partial charge is 1.00 e. The molecule has 0 aliphatic heterocycles. The third-order valence-electron chi connectivity index (χ3n) is 0.653. The number of phosphoric acid groups is 1. The monoisotopic (exact) mass is 276 g/mol. The fourth-order valence-corrected chi connectivity index (χ4v) is 0.253. The van der Waals surface area contributed by atoms with Crippen molar-refractivity contribution in [3.8, 4) is 0 Å². The smallest absolute Gasteiger partial charge is 0.790 e. The van der Waals surface area contributed by atoms with Crippen LogP contribution in [0.5, 0.6) is 0 Å². The van der Waals surface area contributed by atoms with Crippen LogP contribution in [0.25, 0.3) is 0 Å². The number of hydrogen-bond acceptors (Lipinski definition) is 6. The summed E-state index contributed by atoms with van der Waals surface area (Å²) in [7, 11) is -5.14. The maximum absolute atomic E-state index is 9.72. The maximum atomic E-state index is 9.72. The molecule has 0 bridgehead atoms. The van der Waals surface area contributed by atoms with Gasteiger partial charge in [-0.25, -0.2) is 4.79 Å². The summed E-state index contributed by atoms with van der Waals surface area (Å²) in [6, 6.07) is 0. The first-order valence-electron chi connectivity index (χ1n) is 2.91. The summed E-state index contributed by atoms with van der Waals surface area (Å²) in [5, 5.41) is 24.1. The quantitative estimate of drug-likeness (QED) is 0.287. The van der Waals surface area contributed by atoms with Gasteiger partial charge in [-0.2, -0.15) is 0 Å². The van der Waals surface area contributed by atoms with Crippen LogP contribution in [-0.4, -0.2) is 38.3 Å². The summed E-state index contributed by atoms with van der Waals surface area (Å²) in [6.45, 7) is 0. The molecule has 0 saturated carbocycles. The van der Waals surface area contributed by atoms with Gasteiger partial charge in [-0.15, -0.1) is 0 Å². The standard InChI is InChI=1S/C4H6O5.2Na.H3O4P/c5-2(4(8)9)1-3(6)7;;;1-5(2,3)4/h2,5H,1H2,(H,6,7)(H,8,9);;;(H3,1,2,3,4)/q;2*+1;/p-2. The summed E-state index contributed by atoms with van der Waals surface area (Å²) in [6.07, 6.45) is -2.54. The number of aliphatic carboxylic acids is 2. The van der Waals surface area contributed by atoms with E-state index >= 15 is 0 Å². The molecule has 0 spiro atoms. The molecule has 0 amide bonds. The first-order valence-corrected chi connectivity index (χ1v) is 4.41. The van der Waals surface area contributed by atoms with Crippen LogP contribution in [0.4, 0.5) is 0 Å². The third-order valence-corrected chi connectivity index (χ3v) is 0.653. The van der Waals surface area contributed by atoms with E-state index in [2.05, 4.69) is 0 Å². The molecule has 0 aliphatic rings. The van der Waals surface area contributed by atoms with E-state index in [-0.39, 0.29) is 59.1 Å². The first kappa shape index (κ1) is 25.8. The minimum Gasteiger partial charge on any atom is -0.790 e. The van der Waals surface area contributed by atoms with Crippen LogP contribution in [0.2, 0.25) is 0 Å². The summed E-state index contributed by atoms with van der Waals surface area (Å²) in [5.41, 5.74) is 0. The molecule has 0 fully saturated rings. The van der Waals surface area contributed by atoms with Crippen LogP contribution in [-0.2, 0) is 14.2 Å². The first-order chi connectivity index (χ1) is 6.04. The Hall–Kier alpha value is 1.01. The van der Waals surface area contributed by atoms with Crippen LogP contribution in [0.15, 0.2) is 0 Å². The van der Waals surface area contributed by atoms with Gasteiger partial charge in [0.1, 0.15) is 0 Å². The van der Waals surface area contributed by atoms with Crippen molar-refractivity contribution >= 4 is 19.8 Å². The van der Waals surface area contributed by atoms with Gasteiger partial charge in [-0.05, 0) is 0 Å². The number of hydrogen-bond donors (Lipinski definition) is 4. The van der Waals surface area contributed by atoms with E-state index < -0.39 is 32.3 Å². The number of rotatable bonds is 3. The van der Waals surface area contributed by atoms with E-state index in [1.54, 1.807) is 0 Å². The summed E-state index contributed by atoms with van der Waals surface area (Å²) in [5.74, 6) is -2.85. The number of aliphatic hydroxyl groups is 1. The zero-order valence-corrected chi connectivity index (χ0v) is 13.5. The second kappa shape index (κ2) is 12.5. The van der Waals surface area contributed by atoms with Gasteiger partial charge in [-0.3, -0.25) is 4.79 Å². The molecule has 0 aromatic heterocycles. The fourth-order valence-electron chi connectivity index (χ4n) is 0.253. The van der Waals surface area contributed by atoms with E-state index in [4.69, 9.17) is 34.6 Å². The van der Waals surface area contributed by atoms with Crippen molar-refractivity contribution in [3.63, 3.8) is 0 Å². The van der Waals surface area contributed by atoms with Crippen LogP contribution < -0.4 is 68.9 Å². The van der Waals surface area contributed by atoms with Gasteiger partial charge in [0.2, 0.25) is 0 Å². The Bertz CT molecular complexity index is 242. The average Bonchev–Trinajstić information content (AvgIpc) is 1.80. The molecule has 12 heteroatoms. The molecule has 84 valence electrons. The van der Waals surface area contributed by atoms with Gasteiger partial charge in [0, 0.05) is 0 Å². The summed E-state index contributed by atoms with van der Waals surface area (Å²) >= 11 is 0. The normalized spacial score (nSPS) is 10.8. The molecule has 9 nitrogen and oxygen atoms in total. The predicted molar refractivity (Wildman–Crippen MR) is 35.7 cm³/mol. The second-order valence-corrected chi connectivity index (χ2v) is 2.86. The molecular weight excluding hydrogens is 269 g/mol. The SMILES string of the molecule is O=C(O)CC(O)C(=O)O.O=P([O-])([O-])O.[Na+].[Na+]. The Morgan fingerprint density at radius 1 is 1.19 bits per heavy atom. The molecular formula is C4H7Na2O9P. The molecule has 0 heterocycles. The molecule has 0 aromatic rings. The third kappa shape index (κ3) is 36.3. The molecule has 4 N–H and O–H groups in total. The average molecular weight is 276 g/mol. The van der Waals surface area contributed by atoms with E-state index in [0.717, 1.165) is 0 Å². The maximum Gasteiger partial charge on any atom is 1.00 e. The molecule has 1 atom stereocenters. The molecule has 0 radical (unpaired) electrons. The Morgan fingerprint density at radius 3 is 1.50 bits per heavy atom. The number of carboxylic acids is 2. The van der Waals surface area contributed by atoms with E-state index in [9.17, 15) is 9.59 Å². The Labute approximate surface area is 134 Å². The van der Waals surface area contributed by atoms with Gasteiger partial charge in [0.15, 0.2) is 6.10 Å². The zero-order valence-electron chi connectivity index (χ0n) is 8.56. The van der Waals surface area contributed by atoms with Gasteiger partial charge in [0.25, 0.3) is 0 Å². The zero-order chi connectivity index (χ0) is 11.9. The van der Waals surface area contributed by atoms with Crippen molar-refractivity contribution in [2.75, 3.05) is 0 Å². The minimum atomic E-state index is -5.14. The van der Waals surface area contributed by atoms with Gasteiger partial charge in [-0.1, -0.05) is 0 Å².